The number of ether oxygens (including phenoxy) is 1. The minimum absolute atomic E-state index is 0.398. The Morgan fingerprint density at radius 3 is 2.67 bits per heavy atom. The smallest absolute Gasteiger partial charge is 0.338 e. The molecule has 3 nitrogen and oxygen atoms in total. The molecular formula is C14H12ClNO2. The van der Waals surface area contributed by atoms with Crippen LogP contribution in [-0.4, -0.2) is 13.1 Å². The van der Waals surface area contributed by atoms with Gasteiger partial charge in [-0.25, -0.2) is 4.79 Å². The van der Waals surface area contributed by atoms with Crippen molar-refractivity contribution in [3.8, 4) is 11.1 Å². The van der Waals surface area contributed by atoms with Crippen molar-refractivity contribution in [1.82, 2.24) is 0 Å². The molecule has 4 heteroatoms. The molecule has 2 aromatic rings. The number of halogens is 1. The van der Waals surface area contributed by atoms with Crippen LogP contribution in [0.2, 0.25) is 5.02 Å². The topological polar surface area (TPSA) is 52.3 Å². The van der Waals surface area contributed by atoms with Crippen LogP contribution in [0.25, 0.3) is 11.1 Å². The fourth-order valence-corrected chi connectivity index (χ4v) is 1.93. The molecule has 0 amide bonds. The summed E-state index contributed by atoms with van der Waals surface area (Å²) in [6.07, 6.45) is 0. The van der Waals surface area contributed by atoms with E-state index in [-0.39, 0.29) is 0 Å². The Balaban J connectivity index is 2.61. The number of esters is 1. The van der Waals surface area contributed by atoms with Crippen molar-refractivity contribution < 1.29 is 9.53 Å². The number of nitrogen functional groups attached to an aromatic ring is 1. The van der Waals surface area contributed by atoms with E-state index in [1.807, 2.05) is 12.1 Å². The Hall–Kier alpha value is -2.00. The zero-order chi connectivity index (χ0) is 13.1. The van der Waals surface area contributed by atoms with Gasteiger partial charge in [0.15, 0.2) is 0 Å². The van der Waals surface area contributed by atoms with E-state index >= 15 is 0 Å². The fourth-order valence-electron chi connectivity index (χ4n) is 1.74. The Kier molecular flexibility index (Phi) is 3.53. The van der Waals surface area contributed by atoms with Crippen LogP contribution in [0, 0.1) is 0 Å². The number of carbonyl (C=O) groups excluding carboxylic acids is 1. The summed E-state index contributed by atoms with van der Waals surface area (Å²) in [5, 5.41) is 0.603. The molecule has 0 aliphatic rings. The molecule has 2 N–H and O–H groups in total. The average molecular weight is 262 g/mol. The molecule has 0 radical (unpaired) electrons. The second-order valence-corrected chi connectivity index (χ2v) is 4.24. The molecule has 0 unspecified atom stereocenters. The molecule has 0 bridgehead atoms. The molecule has 92 valence electrons. The third kappa shape index (κ3) is 2.46. The normalized spacial score (nSPS) is 10.1. The summed E-state index contributed by atoms with van der Waals surface area (Å²) in [5.74, 6) is -0.398. The summed E-state index contributed by atoms with van der Waals surface area (Å²) in [5.41, 5.74) is 8.35. The highest BCUT2D eigenvalue weighted by molar-refractivity contribution is 6.30. The van der Waals surface area contributed by atoms with E-state index < -0.39 is 5.97 Å². The summed E-state index contributed by atoms with van der Waals surface area (Å²) in [4.78, 5) is 11.7. The van der Waals surface area contributed by atoms with Crippen LogP contribution in [-0.2, 0) is 4.74 Å². The van der Waals surface area contributed by atoms with Crippen molar-refractivity contribution in [3.63, 3.8) is 0 Å². The van der Waals surface area contributed by atoms with Crippen LogP contribution in [0.3, 0.4) is 0 Å². The van der Waals surface area contributed by atoms with Crippen LogP contribution in [0.5, 0.6) is 0 Å². The van der Waals surface area contributed by atoms with Gasteiger partial charge >= 0.3 is 5.97 Å². The van der Waals surface area contributed by atoms with E-state index in [1.54, 1.807) is 30.3 Å². The molecule has 0 heterocycles. The molecule has 0 saturated carbocycles. The van der Waals surface area contributed by atoms with Gasteiger partial charge in [-0.05, 0) is 41.5 Å². The van der Waals surface area contributed by atoms with Gasteiger partial charge in [-0.1, -0.05) is 23.7 Å². The van der Waals surface area contributed by atoms with Crippen molar-refractivity contribution in [1.29, 1.82) is 0 Å². The van der Waals surface area contributed by atoms with E-state index in [9.17, 15) is 4.79 Å². The number of hydrogen-bond acceptors (Lipinski definition) is 3. The Labute approximate surface area is 110 Å². The Morgan fingerprint density at radius 1 is 1.22 bits per heavy atom. The van der Waals surface area contributed by atoms with Crippen LogP contribution in [0.1, 0.15) is 10.4 Å². The van der Waals surface area contributed by atoms with Crippen molar-refractivity contribution in [2.45, 2.75) is 0 Å². The minimum Gasteiger partial charge on any atom is -0.465 e. The van der Waals surface area contributed by atoms with Gasteiger partial charge < -0.3 is 10.5 Å². The molecule has 0 saturated heterocycles. The van der Waals surface area contributed by atoms with Gasteiger partial charge in [0.25, 0.3) is 0 Å². The number of methoxy groups -OCH3 is 1. The fraction of sp³-hybridized carbons (Fsp3) is 0.0714. The van der Waals surface area contributed by atoms with Crippen LogP contribution in [0.15, 0.2) is 42.5 Å². The molecule has 2 rings (SSSR count). The highest BCUT2D eigenvalue weighted by Gasteiger charge is 2.13. The summed E-state index contributed by atoms with van der Waals surface area (Å²) >= 11 is 5.95. The second-order valence-electron chi connectivity index (χ2n) is 3.81. The van der Waals surface area contributed by atoms with Gasteiger partial charge in [0.05, 0.1) is 12.7 Å². The van der Waals surface area contributed by atoms with Gasteiger partial charge in [0.1, 0.15) is 0 Å². The van der Waals surface area contributed by atoms with Crippen LogP contribution in [0.4, 0.5) is 5.69 Å². The number of rotatable bonds is 2. The summed E-state index contributed by atoms with van der Waals surface area (Å²) in [6.45, 7) is 0. The van der Waals surface area contributed by atoms with Crippen LogP contribution >= 0.6 is 11.6 Å². The van der Waals surface area contributed by atoms with Gasteiger partial charge in [0, 0.05) is 10.7 Å². The highest BCUT2D eigenvalue weighted by Crippen LogP contribution is 2.28. The van der Waals surface area contributed by atoms with E-state index in [0.29, 0.717) is 21.8 Å². The van der Waals surface area contributed by atoms with E-state index in [1.165, 1.54) is 7.11 Å². The summed E-state index contributed by atoms with van der Waals surface area (Å²) < 4.78 is 4.76. The Bertz CT molecular complexity index is 596. The quantitative estimate of drug-likeness (QED) is 0.666. The molecule has 0 fully saturated rings. The standard InChI is InChI=1S/C14H12ClNO2/c1-18-14(17)12-6-5-11(16)8-13(12)9-3-2-4-10(15)7-9/h2-8H,16H2,1H3. The molecule has 0 aliphatic carbocycles. The molecule has 0 spiro atoms. The van der Waals surface area contributed by atoms with Crippen molar-refractivity contribution in [3.05, 3.63) is 53.1 Å². The molecule has 2 aromatic carbocycles. The maximum absolute atomic E-state index is 11.7. The molecule has 0 atom stereocenters. The number of nitrogens with two attached hydrogens (primary N) is 1. The predicted octanol–water partition coefficient (Wildman–Crippen LogP) is 3.38. The zero-order valence-corrected chi connectivity index (χ0v) is 10.6. The van der Waals surface area contributed by atoms with Gasteiger partial charge in [-0.2, -0.15) is 0 Å². The SMILES string of the molecule is COC(=O)c1ccc(N)cc1-c1cccc(Cl)c1. The third-order valence-electron chi connectivity index (χ3n) is 2.58. The lowest BCUT2D eigenvalue weighted by molar-refractivity contribution is 0.0601. The van der Waals surface area contributed by atoms with Gasteiger partial charge in [0.2, 0.25) is 0 Å². The first-order chi connectivity index (χ1) is 8.61. The van der Waals surface area contributed by atoms with E-state index in [0.717, 1.165) is 5.56 Å². The van der Waals surface area contributed by atoms with Crippen LogP contribution < -0.4 is 5.73 Å². The van der Waals surface area contributed by atoms with Crippen molar-refractivity contribution >= 4 is 23.3 Å². The summed E-state index contributed by atoms with van der Waals surface area (Å²) in [7, 11) is 1.35. The maximum atomic E-state index is 11.7. The zero-order valence-electron chi connectivity index (χ0n) is 9.81. The first-order valence-corrected chi connectivity index (χ1v) is 5.73. The maximum Gasteiger partial charge on any atom is 0.338 e. The molecular weight excluding hydrogens is 250 g/mol. The molecule has 0 aliphatic heterocycles. The monoisotopic (exact) mass is 261 g/mol. The lowest BCUT2D eigenvalue weighted by Crippen LogP contribution is -2.04. The minimum atomic E-state index is -0.398. The van der Waals surface area contributed by atoms with Gasteiger partial charge in [-0.15, -0.1) is 0 Å². The third-order valence-corrected chi connectivity index (χ3v) is 2.82. The first kappa shape index (κ1) is 12.5. The van der Waals surface area contributed by atoms with Crippen molar-refractivity contribution in [2.24, 2.45) is 0 Å². The number of hydrogen-bond donors (Lipinski definition) is 1. The Morgan fingerprint density at radius 2 is 2.00 bits per heavy atom. The number of anilines is 1. The highest BCUT2D eigenvalue weighted by atomic mass is 35.5. The van der Waals surface area contributed by atoms with Gasteiger partial charge in [-0.3, -0.25) is 0 Å². The molecule has 18 heavy (non-hydrogen) atoms. The lowest BCUT2D eigenvalue weighted by Gasteiger charge is -2.09. The predicted molar refractivity (Wildman–Crippen MR) is 72.6 cm³/mol. The second kappa shape index (κ2) is 5.10. The number of carbonyl (C=O) groups is 1. The van der Waals surface area contributed by atoms with Crippen molar-refractivity contribution in [2.75, 3.05) is 12.8 Å². The van der Waals surface area contributed by atoms with E-state index in [2.05, 4.69) is 0 Å². The lowest BCUT2D eigenvalue weighted by atomic mass is 9.99. The largest absolute Gasteiger partial charge is 0.465 e. The summed E-state index contributed by atoms with van der Waals surface area (Å²) in [6, 6.07) is 12.3. The van der Waals surface area contributed by atoms with E-state index in [4.69, 9.17) is 22.1 Å². The number of benzene rings is 2. The average Bonchev–Trinajstić information content (AvgIpc) is 2.38. The molecule has 0 aromatic heterocycles. The first-order valence-electron chi connectivity index (χ1n) is 5.35.